The minimum absolute atomic E-state index is 0.884. The molecule has 0 radical (unpaired) electrons. The van der Waals surface area contributed by atoms with Crippen LogP contribution in [0.4, 0.5) is 0 Å². The summed E-state index contributed by atoms with van der Waals surface area (Å²) in [6.07, 6.45) is 26.1. The Morgan fingerprint density at radius 2 is 1.30 bits per heavy atom. The molecule has 2 fully saturated rings. The maximum atomic E-state index is 3.34. The summed E-state index contributed by atoms with van der Waals surface area (Å²) in [5, 5.41) is 0. The van der Waals surface area contributed by atoms with Crippen molar-refractivity contribution in [3.05, 3.63) is 60.4 Å². The molecule has 0 aromatic carbocycles. The molecular formula is C19H24Zr. The second-order valence-corrected chi connectivity index (χ2v) is 5.62. The standard InChI is InChI=1S/2C9H11.CH2.Zr/c2*1-2-5-9-7-3-6-8(9)4-1;;/h2*1-2,4,6,9H,3,5,7H2;1H2;/q2*-1;;+2. The Morgan fingerprint density at radius 1 is 0.850 bits per heavy atom. The topological polar surface area (TPSA) is 0 Å². The Hall–Kier alpha value is -0.547. The molecular weight excluding hydrogens is 319 g/mol. The van der Waals surface area contributed by atoms with Crippen LogP contribution < -0.4 is 0 Å². The van der Waals surface area contributed by atoms with Gasteiger partial charge in [0.25, 0.3) is 0 Å². The van der Waals surface area contributed by atoms with Crippen LogP contribution in [0, 0.1) is 24.7 Å². The average Bonchev–Trinajstić information content (AvgIpc) is 3.18. The SMILES string of the molecule is C1=CCC2CC[CH-]C2=C1.C1=CCC2CC[CH-]C2=C1.[CH2]=[Zr+2]. The second kappa shape index (κ2) is 8.68. The number of fused-ring (bicyclic) bond motifs is 2. The van der Waals surface area contributed by atoms with Gasteiger partial charge in [-0.05, 0) is 24.7 Å². The minimum atomic E-state index is 0.884. The number of hydrogen-bond donors (Lipinski definition) is 0. The summed E-state index contributed by atoms with van der Waals surface area (Å²) < 4.78 is 3.34. The molecule has 2 unspecified atom stereocenters. The van der Waals surface area contributed by atoms with Crippen molar-refractivity contribution in [2.45, 2.75) is 38.5 Å². The van der Waals surface area contributed by atoms with Crippen LogP contribution in [-0.2, 0) is 24.2 Å². The van der Waals surface area contributed by atoms with Gasteiger partial charge in [-0.1, -0.05) is 12.8 Å². The molecule has 4 aliphatic carbocycles. The Bertz CT molecular complexity index is 385. The fourth-order valence-electron chi connectivity index (χ4n) is 3.33. The van der Waals surface area contributed by atoms with Gasteiger partial charge in [0.05, 0.1) is 0 Å². The molecule has 0 aromatic rings. The molecule has 1 heteroatoms. The summed E-state index contributed by atoms with van der Waals surface area (Å²) >= 11 is 1.30. The zero-order chi connectivity index (χ0) is 14.2. The van der Waals surface area contributed by atoms with Crippen molar-refractivity contribution in [2.24, 2.45) is 11.8 Å². The van der Waals surface area contributed by atoms with Crippen molar-refractivity contribution >= 4 is 4.21 Å². The van der Waals surface area contributed by atoms with Crippen LogP contribution in [0.25, 0.3) is 0 Å². The van der Waals surface area contributed by atoms with Crippen LogP contribution in [-0.4, -0.2) is 4.21 Å². The number of hydrogen-bond acceptors (Lipinski definition) is 0. The fourth-order valence-corrected chi connectivity index (χ4v) is 3.33. The van der Waals surface area contributed by atoms with Gasteiger partial charge < -0.3 is 0 Å². The first-order valence-corrected chi connectivity index (χ1v) is 9.42. The summed E-state index contributed by atoms with van der Waals surface area (Å²) in [7, 11) is 0. The van der Waals surface area contributed by atoms with Crippen molar-refractivity contribution in [1.29, 1.82) is 0 Å². The van der Waals surface area contributed by atoms with Crippen LogP contribution in [0.3, 0.4) is 0 Å². The van der Waals surface area contributed by atoms with Gasteiger partial charge in [0.2, 0.25) is 0 Å². The van der Waals surface area contributed by atoms with E-state index in [0.717, 1.165) is 11.8 Å². The third-order valence-electron chi connectivity index (χ3n) is 4.42. The van der Waals surface area contributed by atoms with Crippen molar-refractivity contribution in [3.8, 4) is 0 Å². The van der Waals surface area contributed by atoms with E-state index < -0.39 is 0 Å². The molecule has 0 aliphatic heterocycles. The first-order valence-electron chi connectivity index (χ1n) is 7.68. The Kier molecular flexibility index (Phi) is 6.87. The first kappa shape index (κ1) is 15.8. The van der Waals surface area contributed by atoms with E-state index >= 15 is 0 Å². The molecule has 0 saturated heterocycles. The van der Waals surface area contributed by atoms with Crippen LogP contribution >= 0.6 is 0 Å². The Morgan fingerprint density at radius 3 is 1.70 bits per heavy atom. The van der Waals surface area contributed by atoms with Crippen LogP contribution in [0.15, 0.2) is 47.6 Å². The van der Waals surface area contributed by atoms with E-state index in [9.17, 15) is 0 Å². The molecule has 0 N–H and O–H groups in total. The Labute approximate surface area is 139 Å². The van der Waals surface area contributed by atoms with Gasteiger partial charge in [-0.25, -0.2) is 36.1 Å². The van der Waals surface area contributed by atoms with E-state index in [1.165, 1.54) is 62.8 Å². The van der Waals surface area contributed by atoms with E-state index in [1.54, 1.807) is 11.1 Å². The maximum absolute atomic E-state index is 3.34. The zero-order valence-corrected chi connectivity index (χ0v) is 14.7. The van der Waals surface area contributed by atoms with Gasteiger partial charge in [0, 0.05) is 0 Å². The van der Waals surface area contributed by atoms with Crippen molar-refractivity contribution in [2.75, 3.05) is 0 Å². The molecule has 0 heterocycles. The molecule has 0 amide bonds. The first-order chi connectivity index (χ1) is 9.93. The Balaban J connectivity index is 0.000000131. The van der Waals surface area contributed by atoms with Crippen LogP contribution in [0.5, 0.6) is 0 Å². The summed E-state index contributed by atoms with van der Waals surface area (Å²) in [4.78, 5) is 0. The molecule has 2 atom stereocenters. The second-order valence-electron chi connectivity index (χ2n) is 5.62. The average molecular weight is 344 g/mol. The van der Waals surface area contributed by atoms with E-state index in [0.29, 0.717) is 0 Å². The molecule has 104 valence electrons. The molecule has 0 bridgehead atoms. The summed E-state index contributed by atoms with van der Waals surface area (Å²) in [5.41, 5.74) is 3.16. The fraction of sp³-hybridized carbons (Fsp3) is 0.421. The third kappa shape index (κ3) is 4.22. The van der Waals surface area contributed by atoms with Crippen molar-refractivity contribution < 1.29 is 24.2 Å². The number of rotatable bonds is 0. The molecule has 4 rings (SSSR count). The predicted molar refractivity (Wildman–Crippen MR) is 84.8 cm³/mol. The van der Waals surface area contributed by atoms with E-state index in [-0.39, 0.29) is 0 Å². The summed E-state index contributed by atoms with van der Waals surface area (Å²) in [6.45, 7) is 0. The van der Waals surface area contributed by atoms with Gasteiger partial charge in [-0.3, -0.25) is 0 Å². The monoisotopic (exact) mass is 342 g/mol. The van der Waals surface area contributed by atoms with Crippen LogP contribution in [0.1, 0.15) is 38.5 Å². The van der Waals surface area contributed by atoms with Gasteiger partial charge in [-0.2, -0.15) is 0 Å². The third-order valence-corrected chi connectivity index (χ3v) is 4.42. The molecule has 0 spiro atoms. The van der Waals surface area contributed by atoms with Gasteiger partial charge >= 0.3 is 28.4 Å². The van der Waals surface area contributed by atoms with E-state index in [4.69, 9.17) is 0 Å². The summed E-state index contributed by atoms with van der Waals surface area (Å²) in [6, 6.07) is 0. The van der Waals surface area contributed by atoms with E-state index in [1.807, 2.05) is 0 Å². The van der Waals surface area contributed by atoms with Crippen molar-refractivity contribution in [1.82, 2.24) is 0 Å². The summed E-state index contributed by atoms with van der Waals surface area (Å²) in [5.74, 6) is 1.77. The van der Waals surface area contributed by atoms with Gasteiger partial charge in [0.1, 0.15) is 0 Å². The predicted octanol–water partition coefficient (Wildman–Crippen LogP) is 4.94. The van der Waals surface area contributed by atoms with E-state index in [2.05, 4.69) is 53.5 Å². The molecule has 20 heavy (non-hydrogen) atoms. The zero-order valence-electron chi connectivity index (χ0n) is 12.2. The normalized spacial score (nSPS) is 28.3. The molecule has 0 nitrogen and oxygen atoms in total. The van der Waals surface area contributed by atoms with Crippen molar-refractivity contribution in [3.63, 3.8) is 0 Å². The van der Waals surface area contributed by atoms with Gasteiger partial charge in [-0.15, -0.1) is 37.1 Å². The van der Waals surface area contributed by atoms with Crippen LogP contribution in [0.2, 0.25) is 0 Å². The molecule has 0 aromatic heterocycles. The van der Waals surface area contributed by atoms with Gasteiger partial charge in [0.15, 0.2) is 0 Å². The molecule has 4 aliphatic rings. The molecule has 2 saturated carbocycles. The quantitative estimate of drug-likeness (QED) is 0.547. The number of allylic oxidation sites excluding steroid dienone is 8.